The van der Waals surface area contributed by atoms with E-state index < -0.39 is 14.6 Å². The summed E-state index contributed by atoms with van der Waals surface area (Å²) in [5.74, 6) is 0.0143. The molecule has 0 spiro atoms. The van der Waals surface area contributed by atoms with Crippen molar-refractivity contribution >= 4 is 15.9 Å². The van der Waals surface area contributed by atoms with E-state index in [0.29, 0.717) is 32.7 Å². The summed E-state index contributed by atoms with van der Waals surface area (Å²) in [6, 6.07) is -0.236. The number of carbonyl (C=O) groups excluding carboxylic acids is 1. The second kappa shape index (κ2) is 7.08. The molecule has 1 fully saturated rings. The lowest BCUT2D eigenvalue weighted by Crippen LogP contribution is -2.42. The molecule has 2 amide bonds. The summed E-state index contributed by atoms with van der Waals surface area (Å²) in [7, 11) is -3.15. The molecular weight excluding hydrogens is 280 g/mol. The highest BCUT2D eigenvalue weighted by Crippen LogP contribution is 2.24. The summed E-state index contributed by atoms with van der Waals surface area (Å²) in [5, 5.41) is 2.73. The molecule has 0 atom stereocenters. The van der Waals surface area contributed by atoms with E-state index in [9.17, 15) is 13.2 Å². The Morgan fingerprint density at radius 1 is 1.45 bits per heavy atom. The highest BCUT2D eigenvalue weighted by molar-refractivity contribution is 7.92. The van der Waals surface area contributed by atoms with Crippen molar-refractivity contribution < 1.29 is 17.9 Å². The summed E-state index contributed by atoms with van der Waals surface area (Å²) in [5.41, 5.74) is 0. The molecule has 1 rings (SSSR count). The summed E-state index contributed by atoms with van der Waals surface area (Å²) in [4.78, 5) is 13.5. The molecule has 0 saturated carbocycles. The SMILES string of the molecule is C=CCOCCNC(=O)N1CCC(C)(C)S(=O)(=O)CC1. The van der Waals surface area contributed by atoms with E-state index in [2.05, 4.69) is 11.9 Å². The minimum atomic E-state index is -3.15. The average molecular weight is 304 g/mol. The molecule has 0 aromatic rings. The van der Waals surface area contributed by atoms with Crippen LogP contribution in [0.25, 0.3) is 0 Å². The van der Waals surface area contributed by atoms with Crippen LogP contribution in [0.15, 0.2) is 12.7 Å². The summed E-state index contributed by atoms with van der Waals surface area (Å²) < 4.78 is 28.5. The zero-order chi connectivity index (χ0) is 15.2. The van der Waals surface area contributed by atoms with Crippen LogP contribution in [0.3, 0.4) is 0 Å². The molecule has 1 heterocycles. The number of nitrogens with one attached hydrogen (secondary N) is 1. The van der Waals surface area contributed by atoms with E-state index in [1.54, 1.807) is 24.8 Å². The number of hydrogen-bond donors (Lipinski definition) is 1. The topological polar surface area (TPSA) is 75.7 Å². The first-order valence-electron chi connectivity index (χ1n) is 6.74. The fraction of sp³-hybridized carbons (Fsp3) is 0.769. The Balaban J connectivity index is 2.45. The molecule has 0 aromatic carbocycles. The lowest BCUT2D eigenvalue weighted by atomic mass is 10.1. The van der Waals surface area contributed by atoms with Crippen molar-refractivity contribution in [2.75, 3.05) is 38.6 Å². The lowest BCUT2D eigenvalue weighted by molar-refractivity contribution is 0.158. The predicted octanol–water partition coefficient (Wildman–Crippen LogP) is 0.798. The molecule has 0 bridgehead atoms. The molecule has 1 saturated heterocycles. The monoisotopic (exact) mass is 304 g/mol. The Bertz CT molecular complexity index is 445. The number of sulfone groups is 1. The van der Waals surface area contributed by atoms with Crippen LogP contribution in [0.1, 0.15) is 20.3 Å². The molecular formula is C13H24N2O4S. The van der Waals surface area contributed by atoms with Crippen LogP contribution in [0.5, 0.6) is 0 Å². The Labute approximate surface area is 121 Å². The third-order valence-electron chi connectivity index (χ3n) is 3.50. The van der Waals surface area contributed by atoms with Crippen molar-refractivity contribution in [3.63, 3.8) is 0 Å². The summed E-state index contributed by atoms with van der Waals surface area (Å²) in [6.07, 6.45) is 2.10. The number of carbonyl (C=O) groups is 1. The van der Waals surface area contributed by atoms with Gasteiger partial charge in [0, 0.05) is 19.6 Å². The van der Waals surface area contributed by atoms with Crippen molar-refractivity contribution in [3.8, 4) is 0 Å². The molecule has 7 heteroatoms. The number of rotatable bonds is 5. The maximum Gasteiger partial charge on any atom is 0.317 e. The zero-order valence-corrected chi connectivity index (χ0v) is 13.0. The smallest absolute Gasteiger partial charge is 0.317 e. The molecule has 20 heavy (non-hydrogen) atoms. The minimum absolute atomic E-state index is 0.0143. The van der Waals surface area contributed by atoms with E-state index in [0.717, 1.165) is 0 Å². The van der Waals surface area contributed by atoms with E-state index >= 15 is 0 Å². The van der Waals surface area contributed by atoms with Gasteiger partial charge in [0.2, 0.25) is 0 Å². The van der Waals surface area contributed by atoms with Gasteiger partial charge in [-0.25, -0.2) is 13.2 Å². The lowest BCUT2D eigenvalue weighted by Gasteiger charge is -2.22. The van der Waals surface area contributed by atoms with Crippen molar-refractivity contribution in [2.24, 2.45) is 0 Å². The second-order valence-electron chi connectivity index (χ2n) is 5.41. The van der Waals surface area contributed by atoms with E-state index in [4.69, 9.17) is 4.74 Å². The van der Waals surface area contributed by atoms with Gasteiger partial charge >= 0.3 is 6.03 Å². The van der Waals surface area contributed by atoms with Gasteiger partial charge in [-0.2, -0.15) is 0 Å². The summed E-state index contributed by atoms with van der Waals surface area (Å²) in [6.45, 7) is 8.91. The molecule has 1 aliphatic heterocycles. The minimum Gasteiger partial charge on any atom is -0.376 e. The fourth-order valence-electron chi connectivity index (χ4n) is 1.89. The molecule has 6 nitrogen and oxygen atoms in total. The highest BCUT2D eigenvalue weighted by Gasteiger charge is 2.37. The standard InChI is InChI=1S/C13H24N2O4S/c1-4-9-19-10-6-14-12(16)15-7-5-13(2,3)20(17,18)11-8-15/h4H,1,5-11H2,2-3H3,(H,14,16). The predicted molar refractivity (Wildman–Crippen MR) is 78.5 cm³/mol. The zero-order valence-electron chi connectivity index (χ0n) is 12.2. The van der Waals surface area contributed by atoms with Gasteiger partial charge in [-0.05, 0) is 20.3 Å². The quantitative estimate of drug-likeness (QED) is 0.602. The first-order chi connectivity index (χ1) is 9.30. The van der Waals surface area contributed by atoms with Crippen molar-refractivity contribution in [1.82, 2.24) is 10.2 Å². The first-order valence-corrected chi connectivity index (χ1v) is 8.39. The Hall–Kier alpha value is -1.08. The van der Waals surface area contributed by atoms with Crippen LogP contribution >= 0.6 is 0 Å². The van der Waals surface area contributed by atoms with Gasteiger partial charge in [-0.1, -0.05) is 6.08 Å². The molecule has 0 unspecified atom stereocenters. The third kappa shape index (κ3) is 4.49. The Morgan fingerprint density at radius 3 is 2.80 bits per heavy atom. The maximum atomic E-state index is 12.0. The molecule has 0 radical (unpaired) electrons. The normalized spacial score (nSPS) is 21.0. The highest BCUT2D eigenvalue weighted by atomic mass is 32.2. The largest absolute Gasteiger partial charge is 0.376 e. The van der Waals surface area contributed by atoms with Crippen molar-refractivity contribution in [2.45, 2.75) is 25.0 Å². The van der Waals surface area contributed by atoms with E-state index in [1.165, 1.54) is 0 Å². The summed E-state index contributed by atoms with van der Waals surface area (Å²) >= 11 is 0. The third-order valence-corrected chi connectivity index (χ3v) is 6.11. The van der Waals surface area contributed by atoms with Gasteiger partial charge in [0.1, 0.15) is 0 Å². The van der Waals surface area contributed by atoms with Gasteiger partial charge < -0.3 is 15.0 Å². The molecule has 1 aliphatic rings. The molecule has 116 valence electrons. The van der Waals surface area contributed by atoms with Crippen molar-refractivity contribution in [3.05, 3.63) is 12.7 Å². The average Bonchev–Trinajstić information content (AvgIpc) is 2.47. The number of amides is 2. The maximum absolute atomic E-state index is 12.0. The molecule has 0 aliphatic carbocycles. The number of ether oxygens (including phenoxy) is 1. The number of urea groups is 1. The van der Waals surface area contributed by atoms with Gasteiger partial charge in [-0.3, -0.25) is 0 Å². The first kappa shape index (κ1) is 17.0. The van der Waals surface area contributed by atoms with Gasteiger partial charge in [0.15, 0.2) is 9.84 Å². The van der Waals surface area contributed by atoms with Gasteiger partial charge in [-0.15, -0.1) is 6.58 Å². The van der Waals surface area contributed by atoms with Gasteiger partial charge in [0.05, 0.1) is 23.7 Å². The fourth-order valence-corrected chi connectivity index (χ4v) is 3.31. The molecule has 1 N–H and O–H groups in total. The Kier molecular flexibility index (Phi) is 6.01. The van der Waals surface area contributed by atoms with Gasteiger partial charge in [0.25, 0.3) is 0 Å². The van der Waals surface area contributed by atoms with Crippen LogP contribution in [-0.4, -0.2) is 62.7 Å². The van der Waals surface area contributed by atoms with Crippen LogP contribution in [0.2, 0.25) is 0 Å². The van der Waals surface area contributed by atoms with Crippen LogP contribution in [-0.2, 0) is 14.6 Å². The van der Waals surface area contributed by atoms with Crippen LogP contribution < -0.4 is 5.32 Å². The Morgan fingerprint density at radius 2 is 2.15 bits per heavy atom. The van der Waals surface area contributed by atoms with Crippen LogP contribution in [0, 0.1) is 0 Å². The van der Waals surface area contributed by atoms with E-state index in [-0.39, 0.29) is 18.3 Å². The van der Waals surface area contributed by atoms with Crippen molar-refractivity contribution in [1.29, 1.82) is 0 Å². The van der Waals surface area contributed by atoms with E-state index in [1.807, 2.05) is 0 Å². The van der Waals surface area contributed by atoms with Crippen LogP contribution in [0.4, 0.5) is 4.79 Å². The number of nitrogens with zero attached hydrogens (tertiary/aromatic N) is 1. The number of hydrogen-bond acceptors (Lipinski definition) is 4. The second-order valence-corrected chi connectivity index (χ2v) is 8.15. The molecule has 0 aromatic heterocycles.